The zero-order chi connectivity index (χ0) is 22.2. The van der Waals surface area contributed by atoms with Crippen molar-refractivity contribution in [2.24, 2.45) is 0 Å². The molecule has 2 aliphatic carbocycles. The molecule has 0 fully saturated rings. The first-order valence-corrected chi connectivity index (χ1v) is 11.7. The summed E-state index contributed by atoms with van der Waals surface area (Å²) < 4.78 is 0. The maximum Gasteiger partial charge on any atom is 0.0158 e. The molecule has 7 rings (SSSR count). The zero-order valence-electron chi connectivity index (χ0n) is 18.9. The molecule has 0 amide bonds. The summed E-state index contributed by atoms with van der Waals surface area (Å²) in [6.07, 6.45) is 4.72. The molecule has 0 aliphatic heterocycles. The first kappa shape index (κ1) is 18.7. The molecule has 0 atom stereocenters. The Balaban J connectivity index is 1.57. The van der Waals surface area contributed by atoms with Crippen LogP contribution in [0.25, 0.3) is 34.1 Å². The van der Waals surface area contributed by atoms with Crippen molar-refractivity contribution in [1.29, 1.82) is 0 Å². The van der Waals surface area contributed by atoms with Crippen LogP contribution in [0.1, 0.15) is 36.1 Å². The Morgan fingerprint density at radius 1 is 0.545 bits per heavy atom. The van der Waals surface area contributed by atoms with Gasteiger partial charge in [0.05, 0.1) is 0 Å². The first-order valence-electron chi connectivity index (χ1n) is 11.7. The van der Waals surface area contributed by atoms with E-state index in [2.05, 4.69) is 123 Å². The minimum absolute atomic E-state index is 0.0314. The van der Waals surface area contributed by atoms with Crippen molar-refractivity contribution in [3.05, 3.63) is 140 Å². The molecular weight excluding hydrogens is 396 g/mol. The van der Waals surface area contributed by atoms with Crippen molar-refractivity contribution < 1.29 is 0 Å². The van der Waals surface area contributed by atoms with E-state index in [1.54, 1.807) is 0 Å². The second-order valence-electron chi connectivity index (χ2n) is 9.86. The van der Waals surface area contributed by atoms with Crippen LogP contribution in [0.4, 0.5) is 0 Å². The van der Waals surface area contributed by atoms with E-state index >= 15 is 0 Å². The van der Waals surface area contributed by atoms with Crippen molar-refractivity contribution >= 4 is 22.9 Å². The lowest BCUT2D eigenvalue weighted by Gasteiger charge is -2.32. The molecule has 0 aromatic heterocycles. The van der Waals surface area contributed by atoms with E-state index in [0.717, 1.165) is 0 Å². The number of hydrogen-bond acceptors (Lipinski definition) is 0. The summed E-state index contributed by atoms with van der Waals surface area (Å²) in [7, 11) is 0. The third-order valence-electron chi connectivity index (χ3n) is 7.58. The average molecular weight is 421 g/mol. The van der Waals surface area contributed by atoms with Gasteiger partial charge in [-0.3, -0.25) is 0 Å². The van der Waals surface area contributed by atoms with Crippen LogP contribution >= 0.6 is 0 Å². The quantitative estimate of drug-likeness (QED) is 0.289. The minimum atomic E-state index is -0.0314. The maximum atomic E-state index is 2.46. The molecule has 33 heavy (non-hydrogen) atoms. The zero-order valence-corrected chi connectivity index (χ0v) is 18.9. The van der Waals surface area contributed by atoms with E-state index in [1.807, 2.05) is 0 Å². The standard InChI is InChI=1S/C33H24/c1-33(2)30-13-6-5-10-24(30)17-27-19-26-18-25-11-7-12-28(32(25)29(26)20-31(27)33)23-15-14-21-8-3-4-9-22(21)16-23/h3-20H,1-2H3. The summed E-state index contributed by atoms with van der Waals surface area (Å²) in [4.78, 5) is 0. The van der Waals surface area contributed by atoms with E-state index in [-0.39, 0.29) is 5.41 Å². The van der Waals surface area contributed by atoms with Crippen molar-refractivity contribution in [2.45, 2.75) is 19.3 Å². The van der Waals surface area contributed by atoms with Gasteiger partial charge in [-0.2, -0.15) is 0 Å². The van der Waals surface area contributed by atoms with E-state index in [9.17, 15) is 0 Å². The number of benzene rings is 5. The van der Waals surface area contributed by atoms with E-state index in [0.29, 0.717) is 0 Å². The fourth-order valence-corrected chi connectivity index (χ4v) is 5.89. The smallest absolute Gasteiger partial charge is 0.0158 e. The molecule has 2 aliphatic rings. The van der Waals surface area contributed by atoms with E-state index < -0.39 is 0 Å². The predicted octanol–water partition coefficient (Wildman–Crippen LogP) is 6.40. The Kier molecular flexibility index (Phi) is 3.71. The van der Waals surface area contributed by atoms with Crippen LogP contribution in [0.2, 0.25) is 0 Å². The third kappa shape index (κ3) is 2.64. The molecule has 0 heteroatoms. The second-order valence-corrected chi connectivity index (χ2v) is 9.86. The Morgan fingerprint density at radius 3 is 2.24 bits per heavy atom. The highest BCUT2D eigenvalue weighted by molar-refractivity contribution is 5.87. The highest BCUT2D eigenvalue weighted by Crippen LogP contribution is 2.36. The van der Waals surface area contributed by atoms with Crippen LogP contribution < -0.4 is 10.4 Å². The predicted molar refractivity (Wildman–Crippen MR) is 138 cm³/mol. The molecule has 0 heterocycles. The molecule has 5 aromatic rings. The highest BCUT2D eigenvalue weighted by atomic mass is 14.3. The third-order valence-corrected chi connectivity index (χ3v) is 7.58. The van der Waals surface area contributed by atoms with Gasteiger partial charge < -0.3 is 0 Å². The molecular formula is C33H24. The summed E-state index contributed by atoms with van der Waals surface area (Å²) in [5.74, 6) is 0. The second kappa shape index (κ2) is 6.56. The lowest BCUT2D eigenvalue weighted by atomic mass is 9.72. The van der Waals surface area contributed by atoms with Gasteiger partial charge in [0.2, 0.25) is 0 Å². The van der Waals surface area contributed by atoms with Gasteiger partial charge >= 0.3 is 0 Å². The topological polar surface area (TPSA) is 0 Å². The molecule has 0 unspecified atom stereocenters. The van der Waals surface area contributed by atoms with Gasteiger partial charge in [0.15, 0.2) is 0 Å². The van der Waals surface area contributed by atoms with Gasteiger partial charge in [0.1, 0.15) is 0 Å². The normalized spacial score (nSPS) is 14.5. The molecule has 0 N–H and O–H groups in total. The highest BCUT2D eigenvalue weighted by Gasteiger charge is 2.29. The lowest BCUT2D eigenvalue weighted by Crippen LogP contribution is -2.31. The Bertz CT molecular complexity index is 1830. The summed E-state index contributed by atoms with van der Waals surface area (Å²) >= 11 is 0. The minimum Gasteiger partial charge on any atom is -0.0619 e. The molecule has 0 saturated heterocycles. The summed E-state index contributed by atoms with van der Waals surface area (Å²) in [6.45, 7) is 4.72. The van der Waals surface area contributed by atoms with Gasteiger partial charge in [0.25, 0.3) is 0 Å². The van der Waals surface area contributed by atoms with Gasteiger partial charge in [0, 0.05) is 5.41 Å². The van der Waals surface area contributed by atoms with E-state index in [1.165, 1.54) is 65.0 Å². The summed E-state index contributed by atoms with van der Waals surface area (Å²) in [6, 6.07) is 35.8. The van der Waals surface area contributed by atoms with E-state index in [4.69, 9.17) is 0 Å². The van der Waals surface area contributed by atoms with Crippen molar-refractivity contribution in [3.63, 3.8) is 0 Å². The largest absolute Gasteiger partial charge is 0.0619 e. The number of fused-ring (bicyclic) bond motifs is 5. The van der Waals surface area contributed by atoms with Crippen LogP contribution in [-0.2, 0) is 5.41 Å². The van der Waals surface area contributed by atoms with Crippen LogP contribution in [0, 0.1) is 10.4 Å². The van der Waals surface area contributed by atoms with Crippen molar-refractivity contribution in [1.82, 2.24) is 0 Å². The van der Waals surface area contributed by atoms with Gasteiger partial charge in [-0.15, -0.1) is 0 Å². The van der Waals surface area contributed by atoms with Crippen LogP contribution in [-0.4, -0.2) is 0 Å². The Hall–Kier alpha value is -3.90. The SMILES string of the molecule is CC1(C)c2ccccc2C=c2cc3c(cc21)=c1c(-c2ccc4ccccc4c2)cccc1=C3. The fraction of sp³-hybridized carbons (Fsp3) is 0.0909. The molecule has 0 spiro atoms. The maximum absolute atomic E-state index is 2.46. The first-order chi connectivity index (χ1) is 16.1. The van der Waals surface area contributed by atoms with Crippen LogP contribution in [0.5, 0.6) is 0 Å². The Labute approximate surface area is 193 Å². The van der Waals surface area contributed by atoms with Crippen LogP contribution in [0.3, 0.4) is 0 Å². The molecule has 0 radical (unpaired) electrons. The van der Waals surface area contributed by atoms with Crippen molar-refractivity contribution in [3.8, 4) is 11.1 Å². The molecule has 0 nitrogen and oxygen atoms in total. The number of hydrogen-bond donors (Lipinski definition) is 0. The van der Waals surface area contributed by atoms with Crippen LogP contribution in [0.15, 0.2) is 97.1 Å². The monoisotopic (exact) mass is 420 g/mol. The van der Waals surface area contributed by atoms with Gasteiger partial charge in [-0.05, 0) is 95.4 Å². The average Bonchev–Trinajstić information content (AvgIpc) is 3.20. The molecule has 156 valence electrons. The number of rotatable bonds is 1. The van der Waals surface area contributed by atoms with Crippen molar-refractivity contribution in [2.75, 3.05) is 0 Å². The molecule has 5 aromatic carbocycles. The van der Waals surface area contributed by atoms with Gasteiger partial charge in [-0.25, -0.2) is 0 Å². The Morgan fingerprint density at radius 2 is 1.33 bits per heavy atom. The molecule has 0 saturated carbocycles. The van der Waals surface area contributed by atoms with Gasteiger partial charge in [-0.1, -0.05) is 92.7 Å². The summed E-state index contributed by atoms with van der Waals surface area (Å²) in [5.41, 5.74) is 8.03. The molecule has 0 bridgehead atoms. The fourth-order valence-electron chi connectivity index (χ4n) is 5.89. The lowest BCUT2D eigenvalue weighted by molar-refractivity contribution is 0.629. The summed E-state index contributed by atoms with van der Waals surface area (Å²) in [5, 5.41) is 7.94.